The van der Waals surface area contributed by atoms with Crippen LogP contribution in [0.5, 0.6) is 11.5 Å². The monoisotopic (exact) mass is 287 g/mol. The number of rotatable bonds is 3. The molecule has 1 aromatic carbocycles. The molecule has 1 amide bonds. The predicted octanol–water partition coefficient (Wildman–Crippen LogP) is 2.47. The van der Waals surface area contributed by atoms with E-state index in [0.717, 1.165) is 11.5 Å². The number of fused-ring (bicyclic) bond motifs is 1. The lowest BCUT2D eigenvalue weighted by molar-refractivity contribution is 0.0788. The summed E-state index contributed by atoms with van der Waals surface area (Å²) in [6, 6.07) is 9.24. The van der Waals surface area contributed by atoms with Crippen molar-refractivity contribution in [3.8, 4) is 11.5 Å². The Morgan fingerprint density at radius 1 is 1.29 bits per heavy atom. The normalized spacial score (nSPS) is 16.6. The molecule has 1 aliphatic heterocycles. The summed E-state index contributed by atoms with van der Waals surface area (Å²) in [6.07, 6.45) is -0.197. The molecule has 0 spiro atoms. The zero-order chi connectivity index (χ0) is 14.8. The minimum absolute atomic E-state index is 0.160. The Bertz CT molecular complexity index is 662. The average molecular weight is 287 g/mol. The largest absolute Gasteiger partial charge is 0.486 e. The van der Waals surface area contributed by atoms with E-state index in [1.165, 1.54) is 0 Å². The summed E-state index contributed by atoms with van der Waals surface area (Å²) in [6.45, 7) is 4.40. The number of aryl methyl sites for hydroxylation is 2. The van der Waals surface area contributed by atoms with Crippen molar-refractivity contribution < 1.29 is 18.7 Å². The maximum absolute atomic E-state index is 12.1. The third-order valence-corrected chi connectivity index (χ3v) is 3.34. The summed E-state index contributed by atoms with van der Waals surface area (Å²) in [5.74, 6) is 2.63. The van der Waals surface area contributed by atoms with E-state index < -0.39 is 0 Å². The first kappa shape index (κ1) is 13.5. The van der Waals surface area contributed by atoms with Crippen LogP contribution < -0.4 is 14.8 Å². The van der Waals surface area contributed by atoms with Gasteiger partial charge in [0.1, 0.15) is 24.2 Å². The second kappa shape index (κ2) is 5.52. The highest BCUT2D eigenvalue weighted by Crippen LogP contribution is 2.30. The quantitative estimate of drug-likeness (QED) is 0.942. The van der Waals surface area contributed by atoms with Crippen LogP contribution in [-0.4, -0.2) is 25.2 Å². The van der Waals surface area contributed by atoms with Crippen LogP contribution in [0.3, 0.4) is 0 Å². The number of nitrogens with one attached hydrogen (secondary N) is 1. The van der Waals surface area contributed by atoms with Crippen molar-refractivity contribution in [1.82, 2.24) is 5.32 Å². The summed E-state index contributed by atoms with van der Waals surface area (Å²) in [4.78, 5) is 12.1. The van der Waals surface area contributed by atoms with Gasteiger partial charge in [0.2, 0.25) is 0 Å². The molecule has 0 fully saturated rings. The Kier molecular flexibility index (Phi) is 3.56. The third-order valence-electron chi connectivity index (χ3n) is 3.34. The first-order chi connectivity index (χ1) is 10.1. The van der Waals surface area contributed by atoms with E-state index in [4.69, 9.17) is 13.9 Å². The van der Waals surface area contributed by atoms with Crippen molar-refractivity contribution in [2.75, 3.05) is 13.2 Å². The highest BCUT2D eigenvalue weighted by Gasteiger charge is 2.22. The van der Waals surface area contributed by atoms with Crippen molar-refractivity contribution >= 4 is 5.91 Å². The van der Waals surface area contributed by atoms with E-state index in [1.807, 2.05) is 31.2 Å². The van der Waals surface area contributed by atoms with E-state index in [1.54, 1.807) is 13.0 Å². The average Bonchev–Trinajstić information content (AvgIpc) is 2.83. The summed E-state index contributed by atoms with van der Waals surface area (Å²) >= 11 is 0. The smallest absolute Gasteiger partial charge is 0.254 e. The summed E-state index contributed by atoms with van der Waals surface area (Å²) in [5, 5.41) is 2.85. The van der Waals surface area contributed by atoms with Crippen molar-refractivity contribution in [3.05, 3.63) is 47.4 Å². The fraction of sp³-hybridized carbons (Fsp3) is 0.312. The van der Waals surface area contributed by atoms with Gasteiger partial charge in [-0.2, -0.15) is 0 Å². The molecule has 3 rings (SSSR count). The first-order valence-corrected chi connectivity index (χ1v) is 6.87. The van der Waals surface area contributed by atoms with Crippen molar-refractivity contribution in [2.24, 2.45) is 0 Å². The van der Waals surface area contributed by atoms with Gasteiger partial charge in [-0.25, -0.2) is 0 Å². The summed E-state index contributed by atoms with van der Waals surface area (Å²) in [5.41, 5.74) is 0.560. The molecule has 5 heteroatoms. The van der Waals surface area contributed by atoms with Crippen LogP contribution in [0.25, 0.3) is 0 Å². The molecule has 21 heavy (non-hydrogen) atoms. The third kappa shape index (κ3) is 2.86. The number of carbonyl (C=O) groups excluding carboxylic acids is 1. The van der Waals surface area contributed by atoms with E-state index in [0.29, 0.717) is 30.2 Å². The number of ether oxygens (including phenoxy) is 2. The number of benzene rings is 1. The molecule has 0 bridgehead atoms. The van der Waals surface area contributed by atoms with Gasteiger partial charge in [-0.1, -0.05) is 12.1 Å². The van der Waals surface area contributed by atoms with Gasteiger partial charge in [0.25, 0.3) is 5.91 Å². The Hall–Kier alpha value is -2.43. The molecule has 1 atom stereocenters. The number of para-hydroxylation sites is 2. The van der Waals surface area contributed by atoms with Crippen LogP contribution in [0.2, 0.25) is 0 Å². The zero-order valence-corrected chi connectivity index (χ0v) is 12.0. The molecular formula is C16H17NO4. The molecule has 110 valence electrons. The Morgan fingerprint density at radius 2 is 2.05 bits per heavy atom. The van der Waals surface area contributed by atoms with Crippen molar-refractivity contribution in [1.29, 1.82) is 0 Å². The standard InChI is InChI=1S/C16H17NO4/c1-10-7-13(11(2)20-10)16(18)17-8-12-9-19-14-5-3-4-6-15(14)21-12/h3-7,12H,8-9H2,1-2H3,(H,17,18)/t12-/m0/s1. The second-order valence-corrected chi connectivity index (χ2v) is 5.03. The topological polar surface area (TPSA) is 60.7 Å². The number of hydrogen-bond acceptors (Lipinski definition) is 4. The van der Waals surface area contributed by atoms with Crippen molar-refractivity contribution in [2.45, 2.75) is 20.0 Å². The van der Waals surface area contributed by atoms with Gasteiger partial charge in [0.05, 0.1) is 12.1 Å². The SMILES string of the molecule is Cc1cc(C(=O)NC[C@H]2COc3ccccc3O2)c(C)o1. The van der Waals surface area contributed by atoms with Gasteiger partial charge in [0, 0.05) is 0 Å². The summed E-state index contributed by atoms with van der Waals surface area (Å²) in [7, 11) is 0. The molecule has 2 aromatic rings. The van der Waals surface area contributed by atoms with Gasteiger partial charge in [-0.05, 0) is 32.0 Å². The van der Waals surface area contributed by atoms with E-state index in [9.17, 15) is 4.79 Å². The molecular weight excluding hydrogens is 270 g/mol. The van der Waals surface area contributed by atoms with E-state index in [-0.39, 0.29) is 12.0 Å². The van der Waals surface area contributed by atoms with E-state index >= 15 is 0 Å². The number of furan rings is 1. The van der Waals surface area contributed by atoms with Crippen molar-refractivity contribution in [3.63, 3.8) is 0 Å². The molecule has 0 radical (unpaired) electrons. The predicted molar refractivity (Wildman–Crippen MR) is 76.9 cm³/mol. The molecule has 0 aliphatic carbocycles. The van der Waals surface area contributed by atoms with Gasteiger partial charge in [-0.15, -0.1) is 0 Å². The second-order valence-electron chi connectivity index (χ2n) is 5.03. The number of hydrogen-bond donors (Lipinski definition) is 1. The van der Waals surface area contributed by atoms with Gasteiger partial charge in [0.15, 0.2) is 11.5 Å². The van der Waals surface area contributed by atoms with Crippen LogP contribution in [0, 0.1) is 13.8 Å². The van der Waals surface area contributed by atoms with Gasteiger partial charge < -0.3 is 19.2 Å². The molecule has 1 aliphatic rings. The first-order valence-electron chi connectivity index (χ1n) is 6.87. The Morgan fingerprint density at radius 3 is 2.76 bits per heavy atom. The Balaban J connectivity index is 1.59. The van der Waals surface area contributed by atoms with E-state index in [2.05, 4.69) is 5.32 Å². The lowest BCUT2D eigenvalue weighted by atomic mass is 10.2. The fourth-order valence-corrected chi connectivity index (χ4v) is 2.32. The molecule has 0 unspecified atom stereocenters. The summed E-state index contributed by atoms with van der Waals surface area (Å²) < 4.78 is 16.8. The van der Waals surface area contributed by atoms with Crippen LogP contribution >= 0.6 is 0 Å². The highest BCUT2D eigenvalue weighted by atomic mass is 16.6. The van der Waals surface area contributed by atoms with Gasteiger partial charge in [-0.3, -0.25) is 4.79 Å². The minimum Gasteiger partial charge on any atom is -0.486 e. The molecule has 1 aromatic heterocycles. The van der Waals surface area contributed by atoms with Crippen LogP contribution in [0.4, 0.5) is 0 Å². The maximum atomic E-state index is 12.1. The minimum atomic E-state index is -0.197. The fourth-order valence-electron chi connectivity index (χ4n) is 2.32. The zero-order valence-electron chi connectivity index (χ0n) is 12.0. The number of carbonyl (C=O) groups is 1. The van der Waals surface area contributed by atoms with Crippen LogP contribution in [-0.2, 0) is 0 Å². The van der Waals surface area contributed by atoms with Crippen LogP contribution in [0.1, 0.15) is 21.9 Å². The molecule has 0 saturated carbocycles. The van der Waals surface area contributed by atoms with Gasteiger partial charge >= 0.3 is 0 Å². The molecule has 5 nitrogen and oxygen atoms in total. The molecule has 0 saturated heterocycles. The lowest BCUT2D eigenvalue weighted by Gasteiger charge is -2.26. The number of amides is 1. The highest BCUT2D eigenvalue weighted by molar-refractivity contribution is 5.95. The Labute approximate surface area is 122 Å². The maximum Gasteiger partial charge on any atom is 0.254 e. The molecule has 2 heterocycles. The lowest BCUT2D eigenvalue weighted by Crippen LogP contribution is -2.40. The molecule has 1 N–H and O–H groups in total. The van der Waals surface area contributed by atoms with Crippen LogP contribution in [0.15, 0.2) is 34.7 Å².